The minimum absolute atomic E-state index is 0.0171. The van der Waals surface area contributed by atoms with Gasteiger partial charge in [0.05, 0.1) is 33.1 Å². The molecule has 29 heavy (non-hydrogen) atoms. The van der Waals surface area contributed by atoms with Crippen molar-refractivity contribution in [3.63, 3.8) is 0 Å². The predicted molar refractivity (Wildman–Crippen MR) is 123 cm³/mol. The highest BCUT2D eigenvalue weighted by molar-refractivity contribution is 6.20. The number of hydrogen-bond donors (Lipinski definition) is 0. The second-order valence-corrected chi connectivity index (χ2v) is 7.37. The highest BCUT2D eigenvalue weighted by Gasteiger charge is 2.21. The Hall–Kier alpha value is -3.85. The lowest BCUT2D eigenvalue weighted by atomic mass is 10.1. The maximum Gasteiger partial charge on any atom is 0.265 e. The molecule has 0 amide bonds. The summed E-state index contributed by atoms with van der Waals surface area (Å²) in [7, 11) is 0. The van der Waals surface area contributed by atoms with Crippen LogP contribution < -0.4 is 5.56 Å². The molecular weight excluding hydrogens is 356 g/mol. The van der Waals surface area contributed by atoms with Crippen LogP contribution in [-0.2, 0) is 0 Å². The fourth-order valence-electron chi connectivity index (χ4n) is 4.84. The molecule has 0 aliphatic rings. The smallest absolute Gasteiger partial charge is 0.265 e. The van der Waals surface area contributed by atoms with Gasteiger partial charge in [0.2, 0.25) is 0 Å². The molecule has 3 heterocycles. The van der Waals surface area contributed by atoms with Crippen LogP contribution in [0.4, 0.5) is 0 Å². The molecule has 0 aliphatic heterocycles. The summed E-state index contributed by atoms with van der Waals surface area (Å²) in [6, 6.07) is 20.6. The molecule has 0 N–H and O–H groups in total. The van der Waals surface area contributed by atoms with Gasteiger partial charge in [0.1, 0.15) is 0 Å². The van der Waals surface area contributed by atoms with Gasteiger partial charge in [-0.05, 0) is 31.2 Å². The monoisotopic (exact) mass is 374 g/mol. The highest BCUT2D eigenvalue weighted by Crippen LogP contribution is 2.38. The molecule has 3 nitrogen and oxygen atoms in total. The lowest BCUT2D eigenvalue weighted by Gasteiger charge is -2.00. The van der Waals surface area contributed by atoms with Gasteiger partial charge in [0.25, 0.3) is 5.56 Å². The average Bonchev–Trinajstić information content (AvgIpc) is 3.22. The minimum Gasteiger partial charge on any atom is -0.306 e. The third-order valence-electron chi connectivity index (χ3n) is 5.95. The molecule has 0 spiro atoms. The first-order valence-corrected chi connectivity index (χ1v) is 9.76. The quantitative estimate of drug-likeness (QED) is 0.358. The normalized spacial score (nSPS) is 12.4. The third-order valence-corrected chi connectivity index (χ3v) is 5.95. The van der Waals surface area contributed by atoms with Crippen LogP contribution in [0.2, 0.25) is 0 Å². The summed E-state index contributed by atoms with van der Waals surface area (Å²) >= 11 is 0. The van der Waals surface area contributed by atoms with Crippen LogP contribution in [0.3, 0.4) is 0 Å². The molecule has 3 aromatic carbocycles. The van der Waals surface area contributed by atoms with E-state index < -0.39 is 0 Å². The van der Waals surface area contributed by atoms with E-state index in [1.807, 2.05) is 41.7 Å². The molecule has 0 aliphatic carbocycles. The molecule has 0 atom stereocenters. The van der Waals surface area contributed by atoms with E-state index in [0.29, 0.717) is 5.39 Å². The Kier molecular flexibility index (Phi) is 3.11. The highest BCUT2D eigenvalue weighted by atomic mass is 16.1. The molecule has 0 saturated heterocycles. The number of nitrogens with zero attached hydrogens (tertiary/aromatic N) is 2. The first-order chi connectivity index (χ1) is 14.3. The van der Waals surface area contributed by atoms with Gasteiger partial charge in [-0.15, -0.1) is 0 Å². The summed E-state index contributed by atoms with van der Waals surface area (Å²) in [6.07, 6.45) is 5.87. The number of benzene rings is 3. The maximum absolute atomic E-state index is 13.8. The predicted octanol–water partition coefficient (Wildman–Crippen LogP) is 6.13. The van der Waals surface area contributed by atoms with Crippen molar-refractivity contribution in [3.8, 4) is 0 Å². The van der Waals surface area contributed by atoms with Crippen LogP contribution >= 0.6 is 0 Å². The van der Waals surface area contributed by atoms with Crippen molar-refractivity contribution in [2.45, 2.75) is 6.92 Å². The molecule has 0 bridgehead atoms. The minimum atomic E-state index is -0.0171. The Morgan fingerprint density at radius 3 is 2.10 bits per heavy atom. The molecule has 3 aromatic heterocycles. The maximum atomic E-state index is 13.8. The number of fused-ring (bicyclic) bond motifs is 5. The van der Waals surface area contributed by atoms with Crippen molar-refractivity contribution in [2.75, 3.05) is 0 Å². The zero-order chi connectivity index (χ0) is 19.7. The fraction of sp³-hybridized carbons (Fsp3) is 0.0385. The Bertz CT molecular complexity index is 1700. The Morgan fingerprint density at radius 1 is 0.759 bits per heavy atom. The number of aromatic nitrogens is 2. The van der Waals surface area contributed by atoms with E-state index in [2.05, 4.69) is 53.5 Å². The van der Waals surface area contributed by atoms with Crippen LogP contribution in [-0.4, -0.2) is 8.80 Å². The lowest BCUT2D eigenvalue weighted by Crippen LogP contribution is -2.11. The van der Waals surface area contributed by atoms with Gasteiger partial charge in [-0.25, -0.2) is 0 Å². The first kappa shape index (κ1) is 16.1. The molecular formula is C26H18N2O. The number of rotatable bonds is 2. The van der Waals surface area contributed by atoms with Gasteiger partial charge >= 0.3 is 0 Å². The summed E-state index contributed by atoms with van der Waals surface area (Å²) < 4.78 is 4.09. The van der Waals surface area contributed by atoms with Gasteiger partial charge in [-0.1, -0.05) is 61.2 Å². The number of allylic oxidation sites excluding steroid dienone is 1. The first-order valence-electron chi connectivity index (χ1n) is 9.76. The Morgan fingerprint density at radius 2 is 1.38 bits per heavy atom. The summed E-state index contributed by atoms with van der Waals surface area (Å²) in [5.74, 6) is 0. The molecule has 3 heteroatoms. The Balaban J connectivity index is 2.15. The van der Waals surface area contributed by atoms with E-state index in [4.69, 9.17) is 0 Å². The topological polar surface area (TPSA) is 25.9 Å². The van der Waals surface area contributed by atoms with Crippen LogP contribution in [0.15, 0.2) is 78.1 Å². The molecule has 6 aromatic rings. The van der Waals surface area contributed by atoms with Gasteiger partial charge in [-0.2, -0.15) is 0 Å². The van der Waals surface area contributed by atoms with E-state index in [-0.39, 0.29) is 5.56 Å². The molecule has 0 radical (unpaired) electrons. The van der Waals surface area contributed by atoms with Crippen LogP contribution in [0.25, 0.3) is 55.8 Å². The largest absolute Gasteiger partial charge is 0.306 e. The number of hydrogen-bond acceptors (Lipinski definition) is 1. The number of para-hydroxylation sites is 2. The van der Waals surface area contributed by atoms with Crippen LogP contribution in [0.5, 0.6) is 0 Å². The summed E-state index contributed by atoms with van der Waals surface area (Å²) in [6.45, 7) is 6.02. The van der Waals surface area contributed by atoms with E-state index in [0.717, 1.165) is 44.1 Å². The van der Waals surface area contributed by atoms with E-state index in [1.165, 1.54) is 5.39 Å². The van der Waals surface area contributed by atoms with Crippen molar-refractivity contribution in [1.29, 1.82) is 0 Å². The zero-order valence-corrected chi connectivity index (χ0v) is 16.0. The van der Waals surface area contributed by atoms with Crippen molar-refractivity contribution >= 4 is 55.8 Å². The van der Waals surface area contributed by atoms with Crippen molar-refractivity contribution in [1.82, 2.24) is 8.80 Å². The third kappa shape index (κ3) is 1.84. The average molecular weight is 374 g/mol. The molecule has 0 fully saturated rings. The Labute approximate surface area is 166 Å². The molecule has 0 saturated carbocycles. The lowest BCUT2D eigenvalue weighted by molar-refractivity contribution is 1.14. The van der Waals surface area contributed by atoms with Crippen molar-refractivity contribution < 1.29 is 0 Å². The summed E-state index contributed by atoms with van der Waals surface area (Å²) in [5, 5.41) is 4.10. The van der Waals surface area contributed by atoms with Gasteiger partial charge in [0, 0.05) is 21.7 Å². The van der Waals surface area contributed by atoms with Gasteiger partial charge in [-0.3, -0.25) is 9.20 Å². The second-order valence-electron chi connectivity index (χ2n) is 7.37. The summed E-state index contributed by atoms with van der Waals surface area (Å²) in [5.41, 5.74) is 5.90. The van der Waals surface area contributed by atoms with Crippen LogP contribution in [0, 0.1) is 0 Å². The van der Waals surface area contributed by atoms with E-state index in [9.17, 15) is 4.79 Å². The SMILES string of the molecule is C=Cc1c(/C=C\C)c2ccc3c4ccccc4n4c5ccccc5c(=O)n1c2c34. The second kappa shape index (κ2) is 5.58. The zero-order valence-electron chi connectivity index (χ0n) is 16.0. The molecule has 138 valence electrons. The summed E-state index contributed by atoms with van der Waals surface area (Å²) in [4.78, 5) is 13.8. The van der Waals surface area contributed by atoms with Crippen molar-refractivity contribution in [3.05, 3.63) is 94.9 Å². The van der Waals surface area contributed by atoms with Crippen LogP contribution in [0.1, 0.15) is 18.2 Å². The van der Waals surface area contributed by atoms with E-state index >= 15 is 0 Å². The standard InChI is InChI=1S/C26H18N2O/c1-3-9-16-18-14-15-19-17-10-5-7-12-22(17)27-23-13-8-6-11-20(23)26(29)28(21(16)4-2)25(18)24(19)27/h3-15H,2H2,1H3/b9-3-. The molecule has 6 rings (SSSR count). The van der Waals surface area contributed by atoms with Gasteiger partial charge in [0.15, 0.2) is 0 Å². The molecule has 0 unspecified atom stereocenters. The van der Waals surface area contributed by atoms with Crippen molar-refractivity contribution in [2.24, 2.45) is 0 Å². The van der Waals surface area contributed by atoms with Gasteiger partial charge < -0.3 is 4.40 Å². The fourth-order valence-corrected chi connectivity index (χ4v) is 4.84. The van der Waals surface area contributed by atoms with E-state index in [1.54, 1.807) is 6.08 Å².